The average molecular weight is 1350 g/mol. The van der Waals surface area contributed by atoms with Gasteiger partial charge in [-0.15, -0.1) is 0 Å². The number of nitrogens with zero attached hydrogens (tertiary/aromatic N) is 2. The van der Waals surface area contributed by atoms with Gasteiger partial charge in [0.15, 0.2) is 0 Å². The van der Waals surface area contributed by atoms with Gasteiger partial charge in [-0.1, -0.05) is 278 Å². The molecule has 0 fully saturated rings. The molecule has 0 aliphatic carbocycles. The first kappa shape index (κ1) is 85.6. The van der Waals surface area contributed by atoms with Crippen molar-refractivity contribution in [3.63, 3.8) is 0 Å². The summed E-state index contributed by atoms with van der Waals surface area (Å²) in [6.07, 6.45) is 32.5. The van der Waals surface area contributed by atoms with E-state index in [2.05, 4.69) is 107 Å². The van der Waals surface area contributed by atoms with Gasteiger partial charge in [-0.25, -0.2) is 0 Å². The highest BCUT2D eigenvalue weighted by molar-refractivity contribution is 6.28. The number of hydrogen-bond acceptors (Lipinski definition) is 3. The Morgan fingerprint density at radius 1 is 0.302 bits per heavy atom. The van der Waals surface area contributed by atoms with Gasteiger partial charge in [0.2, 0.25) is 0 Å². The normalized spacial score (nSPS) is 12.3. The fourth-order valence-electron chi connectivity index (χ4n) is 13.0. The van der Waals surface area contributed by atoms with Gasteiger partial charge in [-0.2, -0.15) is 39.5 Å². The maximum atomic E-state index is 13.3. The minimum absolute atomic E-state index is 0.0628. The summed E-state index contributed by atoms with van der Waals surface area (Å²) in [5, 5.41) is 21.1. The van der Waals surface area contributed by atoms with Crippen LogP contribution in [-0.4, -0.2) is 77.3 Å². The lowest BCUT2D eigenvalue weighted by Crippen LogP contribution is -2.47. The van der Waals surface area contributed by atoms with Crippen molar-refractivity contribution in [3.05, 3.63) is 178 Å². The number of rotatable bonds is 48. The highest BCUT2D eigenvalue weighted by Crippen LogP contribution is 2.46. The summed E-state index contributed by atoms with van der Waals surface area (Å²) in [5.74, 6) is 0. The Bertz CT molecular complexity index is 2420. The lowest BCUT2D eigenvalue weighted by atomic mass is 9.66. The molecule has 5 rings (SSSR count). The Balaban J connectivity index is 0.000000386. The van der Waals surface area contributed by atoms with Crippen LogP contribution in [0.3, 0.4) is 0 Å². The van der Waals surface area contributed by atoms with Crippen LogP contribution in [0, 0.1) is 0 Å². The average Bonchev–Trinajstić information content (AvgIpc) is 0.750. The Kier molecular flexibility index (Phi) is 42.9. The maximum absolute atomic E-state index is 13.3. The van der Waals surface area contributed by atoms with Gasteiger partial charge in [0.05, 0.1) is 78.4 Å². The van der Waals surface area contributed by atoms with E-state index in [-0.39, 0.29) is 42.6 Å². The van der Waals surface area contributed by atoms with Crippen molar-refractivity contribution in [2.24, 2.45) is 0 Å². The number of benzene rings is 5. The minimum atomic E-state index is -4.68. The SMILES string of the molecule is CCCCCCCCCCCCCCCC[N+](C)(C)CCCc1ccccc1.CCCCCCCCCCCCCCCC[N+](C)(C)CCCc1ccccc1.[O-]B([O-])OCCCCCC(c1ccc(C(F)(F)F)cc1)(c1ccc(C(F)(F)F)cc1)c1ccc(C(F)(F)F)cc1. The zero-order chi connectivity index (χ0) is 70.5. The predicted molar refractivity (Wildman–Crippen MR) is 378 cm³/mol. The highest BCUT2D eigenvalue weighted by Gasteiger charge is 2.40. The Labute approximate surface area is 575 Å². The van der Waals surface area contributed by atoms with Crippen molar-refractivity contribution >= 4 is 7.32 Å². The van der Waals surface area contributed by atoms with Gasteiger partial charge in [0, 0.05) is 24.9 Å². The first-order valence-electron chi connectivity index (χ1n) is 37.0. The second-order valence-electron chi connectivity index (χ2n) is 28.2. The molecule has 96 heavy (non-hydrogen) atoms. The van der Waals surface area contributed by atoms with Crippen molar-refractivity contribution < 1.29 is 63.2 Å². The molecule has 0 amide bonds. The summed E-state index contributed by atoms with van der Waals surface area (Å²) in [5.41, 5.74) is -0.760. The largest absolute Gasteiger partial charge is 0.871 e. The fraction of sp³-hybridized carbons (Fsp3) is 0.630. The standard InChI is InChI=1S/C27H22BF9O3.2C27H50N/c29-25(30,31)21-10-4-18(5-11-21)24(16-2-1-3-17-40-28(38)39,19-6-12-22(13-7-19)26(32,33)34)20-8-14-23(15-9-20)27(35,36)37;2*1-4-5-6-7-8-9-10-11-12-13-14-15-16-20-25-28(2,3)26-21-24-27-22-18-17-19-23-27/h4-15H,1-3,16-17H2;2*17-19,22-23H,4-16,20-21,24-26H2,1-3H3/q-2;2*+1. The molecule has 0 N–H and O–H groups in total. The summed E-state index contributed by atoms with van der Waals surface area (Å²) in [6.45, 7) is 9.71. The van der Waals surface area contributed by atoms with Crippen LogP contribution >= 0.6 is 0 Å². The van der Waals surface area contributed by atoms with E-state index in [4.69, 9.17) is 0 Å². The Hall–Kier alpha value is -4.67. The van der Waals surface area contributed by atoms with E-state index in [9.17, 15) is 49.6 Å². The van der Waals surface area contributed by atoms with Crippen molar-refractivity contribution in [2.75, 3.05) is 61.0 Å². The van der Waals surface area contributed by atoms with E-state index >= 15 is 0 Å². The first-order valence-corrected chi connectivity index (χ1v) is 37.0. The van der Waals surface area contributed by atoms with Crippen molar-refractivity contribution in [2.45, 2.75) is 269 Å². The zero-order valence-electron chi connectivity index (χ0n) is 59.8. The number of quaternary nitrogens is 2. The molecule has 5 aromatic carbocycles. The third-order valence-corrected chi connectivity index (χ3v) is 18.9. The van der Waals surface area contributed by atoms with Crippen LogP contribution in [0.2, 0.25) is 0 Å². The Morgan fingerprint density at radius 3 is 0.802 bits per heavy atom. The molecular formula is C81H122BF9N2O3. The van der Waals surface area contributed by atoms with E-state index in [1.54, 1.807) is 0 Å². The molecule has 0 radical (unpaired) electrons. The number of halogens is 9. The molecule has 0 spiro atoms. The van der Waals surface area contributed by atoms with Gasteiger partial charge in [0.1, 0.15) is 0 Å². The lowest BCUT2D eigenvalue weighted by Gasteiger charge is -2.37. The topological polar surface area (TPSA) is 55.3 Å². The molecule has 5 aromatic rings. The van der Waals surface area contributed by atoms with Crippen molar-refractivity contribution in [1.29, 1.82) is 0 Å². The van der Waals surface area contributed by atoms with Gasteiger partial charge in [-0.3, -0.25) is 0 Å². The van der Waals surface area contributed by atoms with Gasteiger partial charge in [0.25, 0.3) is 0 Å². The van der Waals surface area contributed by atoms with Gasteiger partial charge < -0.3 is 23.7 Å². The van der Waals surface area contributed by atoms with Crippen molar-refractivity contribution in [1.82, 2.24) is 0 Å². The van der Waals surface area contributed by atoms with E-state index in [1.807, 2.05) is 0 Å². The highest BCUT2D eigenvalue weighted by atomic mass is 19.4. The van der Waals surface area contributed by atoms with E-state index in [0.717, 1.165) is 72.8 Å². The molecule has 0 unspecified atom stereocenters. The molecule has 0 saturated carbocycles. The molecule has 0 atom stereocenters. The zero-order valence-corrected chi connectivity index (χ0v) is 59.8. The third-order valence-electron chi connectivity index (χ3n) is 18.9. The smallest absolute Gasteiger partial charge is 0.416 e. The van der Waals surface area contributed by atoms with Gasteiger partial charge >= 0.3 is 18.5 Å². The summed E-state index contributed by atoms with van der Waals surface area (Å²) in [4.78, 5) is 0. The number of unbranched alkanes of at least 4 members (excludes halogenated alkanes) is 28. The summed E-state index contributed by atoms with van der Waals surface area (Å²) in [6, 6.07) is 33.6. The molecule has 0 aliphatic rings. The van der Waals surface area contributed by atoms with E-state index in [0.29, 0.717) is 6.42 Å². The molecule has 0 aliphatic heterocycles. The monoisotopic (exact) mass is 1350 g/mol. The molecule has 5 nitrogen and oxygen atoms in total. The van der Waals surface area contributed by atoms with Gasteiger partial charge in [-0.05, 0) is 116 Å². The quantitative estimate of drug-likeness (QED) is 0.0128. The number of aryl methyl sites for hydroxylation is 2. The number of alkyl halides is 9. The molecular weight excluding hydrogens is 1230 g/mol. The molecule has 0 heterocycles. The molecule has 0 aromatic heterocycles. The fourth-order valence-corrected chi connectivity index (χ4v) is 13.0. The predicted octanol–water partition coefficient (Wildman–Crippen LogP) is 22.7. The van der Waals surface area contributed by atoms with Crippen LogP contribution in [-0.2, 0) is 41.4 Å². The van der Waals surface area contributed by atoms with E-state index < -0.39 is 48.0 Å². The second kappa shape index (κ2) is 48.2. The van der Waals surface area contributed by atoms with Crippen LogP contribution in [0.25, 0.3) is 0 Å². The summed E-state index contributed by atoms with van der Waals surface area (Å²) in [7, 11) is 7.16. The third kappa shape index (κ3) is 38.1. The van der Waals surface area contributed by atoms with Crippen LogP contribution in [0.1, 0.15) is 277 Å². The number of hydrogen-bond donors (Lipinski definition) is 0. The molecule has 540 valence electrons. The van der Waals surface area contributed by atoms with Crippen LogP contribution in [0.15, 0.2) is 133 Å². The lowest BCUT2D eigenvalue weighted by molar-refractivity contribution is -0.890. The summed E-state index contributed by atoms with van der Waals surface area (Å²) < 4.78 is 126. The van der Waals surface area contributed by atoms with Crippen LogP contribution in [0.5, 0.6) is 0 Å². The van der Waals surface area contributed by atoms with E-state index in [1.165, 1.54) is 252 Å². The second-order valence-corrected chi connectivity index (χ2v) is 28.2. The van der Waals surface area contributed by atoms with Crippen LogP contribution in [0.4, 0.5) is 39.5 Å². The molecule has 0 saturated heterocycles. The first-order chi connectivity index (χ1) is 45.8. The van der Waals surface area contributed by atoms with Crippen molar-refractivity contribution in [3.8, 4) is 0 Å². The molecule has 15 heteroatoms. The minimum Gasteiger partial charge on any atom is -0.871 e. The van der Waals surface area contributed by atoms with Crippen LogP contribution < -0.4 is 10.0 Å². The summed E-state index contributed by atoms with van der Waals surface area (Å²) >= 11 is 0. The maximum Gasteiger partial charge on any atom is 0.416 e. The Morgan fingerprint density at radius 2 is 0.542 bits per heavy atom. The molecule has 0 bridgehead atoms.